The summed E-state index contributed by atoms with van der Waals surface area (Å²) in [4.78, 5) is 40.8. The molecular formula is C16H15N3O5S. The number of non-ortho nitro benzene ring substituents is 1. The number of nitrogens with zero attached hydrogens (tertiary/aromatic N) is 3. The minimum absolute atomic E-state index is 0.0438. The van der Waals surface area contributed by atoms with Crippen molar-refractivity contribution in [1.82, 2.24) is 4.90 Å². The van der Waals surface area contributed by atoms with E-state index in [9.17, 15) is 19.7 Å². The van der Waals surface area contributed by atoms with Crippen LogP contribution in [0.4, 0.5) is 5.69 Å². The molecule has 1 aromatic carbocycles. The summed E-state index contributed by atoms with van der Waals surface area (Å²) >= 11 is 1.30. The number of hydrogen-bond donors (Lipinski definition) is 0. The highest BCUT2D eigenvalue weighted by molar-refractivity contribution is 8.15. The van der Waals surface area contributed by atoms with E-state index in [0.29, 0.717) is 16.4 Å². The second-order valence-corrected chi connectivity index (χ2v) is 6.34. The Morgan fingerprint density at radius 1 is 1.44 bits per heavy atom. The molecule has 0 spiro atoms. The maximum Gasteiger partial charge on any atom is 0.338 e. The Morgan fingerprint density at radius 2 is 2.12 bits per heavy atom. The van der Waals surface area contributed by atoms with E-state index in [1.807, 2.05) is 0 Å². The van der Waals surface area contributed by atoms with E-state index in [1.165, 1.54) is 28.8 Å². The van der Waals surface area contributed by atoms with Gasteiger partial charge in [-0.25, -0.2) is 9.79 Å². The van der Waals surface area contributed by atoms with Crippen molar-refractivity contribution in [3.05, 3.63) is 51.2 Å². The molecule has 0 aliphatic carbocycles. The van der Waals surface area contributed by atoms with Gasteiger partial charge in [0.05, 0.1) is 22.9 Å². The van der Waals surface area contributed by atoms with Gasteiger partial charge >= 0.3 is 5.97 Å². The standard InChI is InChI=1S/C16H15N3O5S/c1-3-24-15(21)13-9(2)18-12(20)8-25-16(18)17-14(13)10-4-6-11(7-5-10)19(22)23/h4-7,14H,3,8H2,1-2H3/t14-/m0/s1. The maximum absolute atomic E-state index is 12.5. The van der Waals surface area contributed by atoms with E-state index in [4.69, 9.17) is 4.74 Å². The molecule has 0 N–H and O–H groups in total. The number of fused-ring (bicyclic) bond motifs is 1. The van der Waals surface area contributed by atoms with E-state index in [2.05, 4.69) is 4.99 Å². The molecule has 3 rings (SSSR count). The molecule has 2 heterocycles. The van der Waals surface area contributed by atoms with Gasteiger partial charge in [-0.1, -0.05) is 11.8 Å². The van der Waals surface area contributed by atoms with Crippen LogP contribution in [0.3, 0.4) is 0 Å². The van der Waals surface area contributed by atoms with Crippen LogP contribution >= 0.6 is 11.8 Å². The van der Waals surface area contributed by atoms with Crippen LogP contribution in [0.15, 0.2) is 40.5 Å². The number of nitro benzene ring substituents is 1. The third-order valence-electron chi connectivity index (χ3n) is 3.92. The fourth-order valence-electron chi connectivity index (χ4n) is 2.77. The largest absolute Gasteiger partial charge is 0.463 e. The molecule has 0 radical (unpaired) electrons. The first-order chi connectivity index (χ1) is 11.9. The average Bonchev–Trinajstić information content (AvgIpc) is 2.96. The zero-order valence-electron chi connectivity index (χ0n) is 13.6. The van der Waals surface area contributed by atoms with Crippen LogP contribution in [0.2, 0.25) is 0 Å². The highest BCUT2D eigenvalue weighted by Crippen LogP contribution is 2.39. The number of hydrogen-bond acceptors (Lipinski definition) is 7. The minimum atomic E-state index is -0.662. The van der Waals surface area contributed by atoms with Gasteiger partial charge in [0, 0.05) is 17.8 Å². The number of allylic oxidation sites excluding steroid dienone is 1. The summed E-state index contributed by atoms with van der Waals surface area (Å²) in [5.41, 5.74) is 1.34. The Labute approximate surface area is 147 Å². The molecule has 8 nitrogen and oxygen atoms in total. The van der Waals surface area contributed by atoms with E-state index in [1.54, 1.807) is 26.0 Å². The lowest BCUT2D eigenvalue weighted by molar-refractivity contribution is -0.384. The first-order valence-electron chi connectivity index (χ1n) is 7.59. The molecule has 2 aliphatic rings. The van der Waals surface area contributed by atoms with Crippen LogP contribution in [-0.2, 0) is 14.3 Å². The molecule has 2 aliphatic heterocycles. The quantitative estimate of drug-likeness (QED) is 0.464. The molecule has 1 aromatic rings. The fraction of sp³-hybridized carbons (Fsp3) is 0.312. The van der Waals surface area contributed by atoms with Crippen molar-refractivity contribution in [2.45, 2.75) is 19.9 Å². The number of nitro groups is 1. The molecule has 1 atom stereocenters. The van der Waals surface area contributed by atoms with E-state index in [0.717, 1.165) is 0 Å². The molecule has 1 amide bonds. The fourth-order valence-corrected chi connectivity index (χ4v) is 3.70. The van der Waals surface area contributed by atoms with E-state index < -0.39 is 16.9 Å². The maximum atomic E-state index is 12.5. The number of thioether (sulfide) groups is 1. The molecule has 0 unspecified atom stereocenters. The Balaban J connectivity index is 2.07. The lowest BCUT2D eigenvalue weighted by Gasteiger charge is -2.29. The van der Waals surface area contributed by atoms with Crippen molar-refractivity contribution in [1.29, 1.82) is 0 Å². The Morgan fingerprint density at radius 3 is 2.72 bits per heavy atom. The number of benzene rings is 1. The lowest BCUT2D eigenvalue weighted by Crippen LogP contribution is -2.35. The molecule has 0 bridgehead atoms. The van der Waals surface area contributed by atoms with Crippen molar-refractivity contribution in [2.24, 2.45) is 4.99 Å². The van der Waals surface area contributed by atoms with Gasteiger partial charge in [0.1, 0.15) is 6.04 Å². The van der Waals surface area contributed by atoms with E-state index in [-0.39, 0.29) is 29.5 Å². The van der Waals surface area contributed by atoms with Gasteiger partial charge in [-0.15, -0.1) is 0 Å². The van der Waals surface area contributed by atoms with Crippen LogP contribution in [-0.4, -0.2) is 39.2 Å². The third-order valence-corrected chi connectivity index (χ3v) is 4.86. The first-order valence-corrected chi connectivity index (χ1v) is 8.58. The second-order valence-electron chi connectivity index (χ2n) is 5.40. The normalized spacial score (nSPS) is 19.6. The van der Waals surface area contributed by atoms with Crippen LogP contribution < -0.4 is 0 Å². The molecule has 9 heteroatoms. The predicted octanol–water partition coefficient (Wildman–Crippen LogP) is 2.42. The number of amides is 1. The highest BCUT2D eigenvalue weighted by Gasteiger charge is 2.40. The van der Waals surface area contributed by atoms with Crippen molar-refractivity contribution < 1.29 is 19.2 Å². The van der Waals surface area contributed by atoms with Gasteiger partial charge in [-0.05, 0) is 31.5 Å². The summed E-state index contributed by atoms with van der Waals surface area (Å²) < 4.78 is 5.13. The molecule has 1 fully saturated rings. The van der Waals surface area contributed by atoms with E-state index >= 15 is 0 Å². The molecule has 0 aromatic heterocycles. The SMILES string of the molecule is CCOC(=O)C1=C(C)N2C(=O)CSC2=N[C@H]1c1ccc([N+](=O)[O-])cc1. The average molecular weight is 361 g/mol. The number of rotatable bonds is 4. The molecular weight excluding hydrogens is 346 g/mol. The summed E-state index contributed by atoms with van der Waals surface area (Å²) in [6.45, 7) is 3.58. The van der Waals surface area contributed by atoms with Crippen LogP contribution in [0, 0.1) is 10.1 Å². The van der Waals surface area contributed by atoms with Gasteiger partial charge in [0.2, 0.25) is 5.91 Å². The van der Waals surface area contributed by atoms with Crippen LogP contribution in [0.5, 0.6) is 0 Å². The first kappa shape index (κ1) is 17.2. The monoisotopic (exact) mass is 361 g/mol. The van der Waals surface area contributed by atoms with Crippen molar-refractivity contribution in [2.75, 3.05) is 12.4 Å². The number of amidine groups is 1. The van der Waals surface area contributed by atoms with Crippen LogP contribution in [0.25, 0.3) is 0 Å². The number of carbonyl (C=O) groups is 2. The zero-order valence-corrected chi connectivity index (χ0v) is 14.4. The van der Waals surface area contributed by atoms with Gasteiger partial charge in [-0.3, -0.25) is 19.8 Å². The molecule has 1 saturated heterocycles. The molecule has 25 heavy (non-hydrogen) atoms. The van der Waals surface area contributed by atoms with Gasteiger partial charge in [-0.2, -0.15) is 0 Å². The third kappa shape index (κ3) is 3.02. The predicted molar refractivity (Wildman–Crippen MR) is 91.9 cm³/mol. The summed E-state index contributed by atoms with van der Waals surface area (Å²) in [5, 5.41) is 11.4. The Hall–Kier alpha value is -2.68. The van der Waals surface area contributed by atoms with Gasteiger partial charge in [0.15, 0.2) is 5.17 Å². The lowest BCUT2D eigenvalue weighted by atomic mass is 9.96. The van der Waals surface area contributed by atoms with Crippen LogP contribution in [0.1, 0.15) is 25.5 Å². The summed E-state index contributed by atoms with van der Waals surface area (Å²) in [7, 11) is 0. The number of esters is 1. The van der Waals surface area contributed by atoms with Crippen molar-refractivity contribution >= 4 is 34.5 Å². The molecule has 0 saturated carbocycles. The number of aliphatic imine (C=N–C) groups is 1. The molecule has 130 valence electrons. The van der Waals surface area contributed by atoms with Crippen molar-refractivity contribution in [3.8, 4) is 0 Å². The topological polar surface area (TPSA) is 102 Å². The number of ether oxygens (including phenoxy) is 1. The Kier molecular flexibility index (Phi) is 4.58. The second kappa shape index (κ2) is 6.67. The summed E-state index contributed by atoms with van der Waals surface area (Å²) in [6, 6.07) is 5.21. The van der Waals surface area contributed by atoms with Gasteiger partial charge in [0.25, 0.3) is 5.69 Å². The Bertz CT molecular complexity index is 816. The highest BCUT2D eigenvalue weighted by atomic mass is 32.2. The minimum Gasteiger partial charge on any atom is -0.463 e. The summed E-state index contributed by atoms with van der Waals surface area (Å²) in [5.74, 6) is -0.416. The smallest absolute Gasteiger partial charge is 0.338 e. The summed E-state index contributed by atoms with van der Waals surface area (Å²) in [6.07, 6.45) is 0. The number of carbonyl (C=O) groups excluding carboxylic acids is 2. The van der Waals surface area contributed by atoms with Crippen molar-refractivity contribution in [3.63, 3.8) is 0 Å². The zero-order chi connectivity index (χ0) is 18.1. The van der Waals surface area contributed by atoms with Gasteiger partial charge < -0.3 is 4.74 Å².